The van der Waals surface area contributed by atoms with Gasteiger partial charge in [0, 0.05) is 23.6 Å². The summed E-state index contributed by atoms with van der Waals surface area (Å²) in [5.41, 5.74) is 0.278. The maximum Gasteiger partial charge on any atom is 0.350 e. The Morgan fingerprint density at radius 2 is 2.07 bits per heavy atom. The zero-order valence-electron chi connectivity index (χ0n) is 15.5. The largest absolute Gasteiger partial charge is 0.462 e. The van der Waals surface area contributed by atoms with E-state index in [1.165, 1.54) is 34.9 Å². The summed E-state index contributed by atoms with van der Waals surface area (Å²) in [7, 11) is 0. The van der Waals surface area contributed by atoms with Crippen molar-refractivity contribution in [3.63, 3.8) is 0 Å². The van der Waals surface area contributed by atoms with Crippen LogP contribution < -0.4 is 10.9 Å². The molecule has 0 saturated heterocycles. The van der Waals surface area contributed by atoms with Gasteiger partial charge in [-0.15, -0.1) is 0 Å². The highest BCUT2D eigenvalue weighted by Gasteiger charge is 2.18. The van der Waals surface area contributed by atoms with Gasteiger partial charge in [0.1, 0.15) is 11.4 Å². The van der Waals surface area contributed by atoms with E-state index in [4.69, 9.17) is 4.74 Å². The first-order valence-corrected chi connectivity index (χ1v) is 9.34. The Hall–Kier alpha value is -3.60. The summed E-state index contributed by atoms with van der Waals surface area (Å²) >= 11 is 0.979. The van der Waals surface area contributed by atoms with Crippen LogP contribution in [0.3, 0.4) is 0 Å². The topological polar surface area (TPSA) is 133 Å². The number of hydrogen-bond donors (Lipinski definition) is 1. The molecular formula is C18H16N4O6S. The van der Waals surface area contributed by atoms with E-state index in [9.17, 15) is 24.5 Å². The van der Waals surface area contributed by atoms with Gasteiger partial charge in [-0.25, -0.2) is 9.78 Å². The van der Waals surface area contributed by atoms with Crippen molar-refractivity contribution in [2.45, 2.75) is 20.4 Å². The molecule has 29 heavy (non-hydrogen) atoms. The van der Waals surface area contributed by atoms with E-state index >= 15 is 0 Å². The van der Waals surface area contributed by atoms with Gasteiger partial charge in [0.25, 0.3) is 11.2 Å². The highest BCUT2D eigenvalue weighted by atomic mass is 32.1. The normalized spacial score (nSPS) is 10.7. The van der Waals surface area contributed by atoms with Gasteiger partial charge in [0.15, 0.2) is 5.13 Å². The quantitative estimate of drug-likeness (QED) is 0.371. The maximum atomic E-state index is 12.4. The fraction of sp³-hybridized carbons (Fsp3) is 0.222. The number of carbonyl (C=O) groups excluding carboxylic acids is 2. The SMILES string of the molecule is CCOC(=O)c1sc(NC(=O)Cn2c(=O)ccc3cc([N+](=O)[O-])ccc32)nc1C. The molecule has 2 aromatic heterocycles. The van der Waals surface area contributed by atoms with E-state index < -0.39 is 22.4 Å². The Morgan fingerprint density at radius 1 is 1.31 bits per heavy atom. The van der Waals surface area contributed by atoms with Crippen molar-refractivity contribution in [1.29, 1.82) is 0 Å². The average Bonchev–Trinajstić information content (AvgIpc) is 3.03. The van der Waals surface area contributed by atoms with Crippen LogP contribution in [0.4, 0.5) is 10.8 Å². The monoisotopic (exact) mass is 416 g/mol. The minimum Gasteiger partial charge on any atom is -0.462 e. The zero-order valence-corrected chi connectivity index (χ0v) is 16.3. The van der Waals surface area contributed by atoms with Gasteiger partial charge < -0.3 is 10.1 Å². The van der Waals surface area contributed by atoms with Gasteiger partial charge in [-0.3, -0.25) is 24.3 Å². The summed E-state index contributed by atoms with van der Waals surface area (Å²) in [4.78, 5) is 51.4. The summed E-state index contributed by atoms with van der Waals surface area (Å²) < 4.78 is 6.15. The standard InChI is InChI=1S/C18H16N4O6S/c1-3-28-17(25)16-10(2)19-18(29-16)20-14(23)9-21-13-6-5-12(22(26)27)8-11(13)4-7-15(21)24/h4-8H,3,9H2,1-2H3,(H,19,20,23). The molecule has 0 aliphatic heterocycles. The lowest BCUT2D eigenvalue weighted by atomic mass is 10.2. The average molecular weight is 416 g/mol. The van der Waals surface area contributed by atoms with E-state index in [-0.39, 0.29) is 28.8 Å². The molecule has 0 aliphatic carbocycles. The van der Waals surface area contributed by atoms with E-state index in [0.29, 0.717) is 16.6 Å². The van der Waals surface area contributed by atoms with Crippen LogP contribution in [0, 0.1) is 17.0 Å². The molecule has 3 aromatic rings. The fourth-order valence-electron chi connectivity index (χ4n) is 2.71. The molecule has 150 valence electrons. The minimum absolute atomic E-state index is 0.114. The van der Waals surface area contributed by atoms with Crippen molar-refractivity contribution in [3.05, 3.63) is 61.4 Å². The second kappa shape index (κ2) is 8.19. The molecule has 0 bridgehead atoms. The summed E-state index contributed by atoms with van der Waals surface area (Å²) in [5.74, 6) is -1.04. The van der Waals surface area contributed by atoms with Crippen molar-refractivity contribution in [3.8, 4) is 0 Å². The number of nitro groups is 1. The number of amides is 1. The van der Waals surface area contributed by atoms with Crippen LogP contribution >= 0.6 is 11.3 Å². The number of thiazole rings is 1. The lowest BCUT2D eigenvalue weighted by Gasteiger charge is -2.09. The lowest BCUT2D eigenvalue weighted by Crippen LogP contribution is -2.27. The van der Waals surface area contributed by atoms with E-state index in [2.05, 4.69) is 10.3 Å². The molecule has 0 saturated carbocycles. The van der Waals surface area contributed by atoms with Gasteiger partial charge >= 0.3 is 5.97 Å². The number of benzene rings is 1. The number of ether oxygens (including phenoxy) is 1. The number of nitrogens with one attached hydrogen (secondary N) is 1. The molecule has 1 N–H and O–H groups in total. The lowest BCUT2D eigenvalue weighted by molar-refractivity contribution is -0.384. The number of nitro benzene ring substituents is 1. The Morgan fingerprint density at radius 3 is 2.76 bits per heavy atom. The number of aryl methyl sites for hydroxylation is 1. The molecule has 10 nitrogen and oxygen atoms in total. The molecule has 11 heteroatoms. The van der Waals surface area contributed by atoms with Crippen LogP contribution in [0.1, 0.15) is 22.3 Å². The Balaban J connectivity index is 1.84. The molecule has 0 spiro atoms. The molecule has 0 unspecified atom stereocenters. The second-order valence-electron chi connectivity index (χ2n) is 5.96. The second-order valence-corrected chi connectivity index (χ2v) is 6.96. The third-order valence-corrected chi connectivity index (χ3v) is 5.04. The number of nitrogens with zero attached hydrogens (tertiary/aromatic N) is 3. The minimum atomic E-state index is -0.534. The van der Waals surface area contributed by atoms with Crippen molar-refractivity contribution in [2.75, 3.05) is 11.9 Å². The number of esters is 1. The van der Waals surface area contributed by atoms with Gasteiger partial charge in [0.2, 0.25) is 5.91 Å². The van der Waals surface area contributed by atoms with Crippen molar-refractivity contribution < 1.29 is 19.2 Å². The number of rotatable bonds is 6. The smallest absolute Gasteiger partial charge is 0.350 e. The van der Waals surface area contributed by atoms with Crippen LogP contribution in [-0.2, 0) is 16.1 Å². The van der Waals surface area contributed by atoms with E-state index in [1.54, 1.807) is 13.8 Å². The number of hydrogen-bond acceptors (Lipinski definition) is 8. The van der Waals surface area contributed by atoms with Crippen LogP contribution in [0.2, 0.25) is 0 Å². The number of non-ortho nitro benzene ring substituents is 1. The Bertz CT molecular complexity index is 1180. The van der Waals surface area contributed by atoms with Crippen molar-refractivity contribution >= 4 is 44.9 Å². The zero-order chi connectivity index (χ0) is 21.1. The molecule has 0 radical (unpaired) electrons. The van der Waals surface area contributed by atoms with Gasteiger partial charge in [-0.2, -0.15) is 0 Å². The van der Waals surface area contributed by atoms with E-state index in [1.807, 2.05) is 0 Å². The summed E-state index contributed by atoms with van der Waals surface area (Å²) in [5, 5.41) is 14.2. The van der Waals surface area contributed by atoms with Crippen LogP contribution in [0.5, 0.6) is 0 Å². The third kappa shape index (κ3) is 4.29. The van der Waals surface area contributed by atoms with Crippen molar-refractivity contribution in [2.24, 2.45) is 0 Å². The maximum absolute atomic E-state index is 12.4. The summed E-state index contributed by atoms with van der Waals surface area (Å²) in [6.07, 6.45) is 0. The molecule has 1 amide bonds. The van der Waals surface area contributed by atoms with Gasteiger partial charge in [-0.05, 0) is 26.0 Å². The molecule has 3 rings (SSSR count). The van der Waals surface area contributed by atoms with Crippen molar-refractivity contribution in [1.82, 2.24) is 9.55 Å². The molecule has 2 heterocycles. The van der Waals surface area contributed by atoms with E-state index in [0.717, 1.165) is 11.3 Å². The number of aromatic nitrogens is 2. The molecule has 0 fully saturated rings. The predicted octanol–water partition coefficient (Wildman–Crippen LogP) is 2.49. The fourth-order valence-corrected chi connectivity index (χ4v) is 3.58. The first-order valence-electron chi connectivity index (χ1n) is 8.52. The van der Waals surface area contributed by atoms with Crippen LogP contribution in [0.15, 0.2) is 35.1 Å². The number of fused-ring (bicyclic) bond motifs is 1. The van der Waals surface area contributed by atoms with Gasteiger partial charge in [-0.1, -0.05) is 11.3 Å². The highest BCUT2D eigenvalue weighted by Crippen LogP contribution is 2.24. The first-order chi connectivity index (χ1) is 13.8. The molecule has 1 aromatic carbocycles. The highest BCUT2D eigenvalue weighted by molar-refractivity contribution is 7.17. The van der Waals surface area contributed by atoms with Crippen LogP contribution in [0.25, 0.3) is 10.9 Å². The molecular weight excluding hydrogens is 400 g/mol. The third-order valence-electron chi connectivity index (χ3n) is 3.99. The summed E-state index contributed by atoms with van der Waals surface area (Å²) in [6, 6.07) is 6.74. The Kier molecular flexibility index (Phi) is 5.69. The summed E-state index contributed by atoms with van der Waals surface area (Å²) in [6.45, 7) is 3.22. The Labute approximate surface area is 167 Å². The number of pyridine rings is 1. The number of carbonyl (C=O) groups is 2. The van der Waals surface area contributed by atoms with Crippen LogP contribution in [-0.4, -0.2) is 33.0 Å². The number of anilines is 1. The predicted molar refractivity (Wildman–Crippen MR) is 106 cm³/mol. The molecule has 0 atom stereocenters. The van der Waals surface area contributed by atoms with Gasteiger partial charge in [0.05, 0.1) is 22.7 Å². The molecule has 0 aliphatic rings. The first kappa shape index (κ1) is 20.1.